The number of fused-ring (bicyclic) bond motifs is 1. The van der Waals surface area contributed by atoms with Gasteiger partial charge in [0.2, 0.25) is 0 Å². The van der Waals surface area contributed by atoms with Gasteiger partial charge < -0.3 is 9.15 Å². The molecular weight excluding hydrogens is 322 g/mol. The standard InChI is InChI=1S/C15H10BrNO3/c1-9-17-13-8-12(5-6-14(13)19-9)20-15(18)10-3-2-4-11(16)7-10/h2-8H,1H3. The van der Waals surface area contributed by atoms with E-state index in [1.54, 1.807) is 43.3 Å². The van der Waals surface area contributed by atoms with Gasteiger partial charge in [-0.05, 0) is 30.3 Å². The van der Waals surface area contributed by atoms with E-state index in [1.807, 2.05) is 6.07 Å². The van der Waals surface area contributed by atoms with Crippen LogP contribution in [0.25, 0.3) is 11.1 Å². The van der Waals surface area contributed by atoms with Crippen LogP contribution in [0.15, 0.2) is 51.4 Å². The first-order valence-electron chi connectivity index (χ1n) is 5.97. The summed E-state index contributed by atoms with van der Waals surface area (Å²) in [4.78, 5) is 16.2. The van der Waals surface area contributed by atoms with Crippen molar-refractivity contribution in [1.29, 1.82) is 0 Å². The van der Waals surface area contributed by atoms with Crippen LogP contribution in [0.5, 0.6) is 5.75 Å². The molecule has 20 heavy (non-hydrogen) atoms. The van der Waals surface area contributed by atoms with E-state index in [9.17, 15) is 4.79 Å². The number of oxazole rings is 1. The summed E-state index contributed by atoms with van der Waals surface area (Å²) in [5, 5.41) is 0. The lowest BCUT2D eigenvalue weighted by Crippen LogP contribution is -2.08. The Morgan fingerprint density at radius 2 is 2.10 bits per heavy atom. The average Bonchev–Trinajstić information content (AvgIpc) is 2.78. The van der Waals surface area contributed by atoms with Crippen LogP contribution < -0.4 is 4.74 Å². The molecule has 0 bridgehead atoms. The van der Waals surface area contributed by atoms with Crippen LogP contribution in [0.3, 0.4) is 0 Å². The number of hydrogen-bond acceptors (Lipinski definition) is 4. The number of aromatic nitrogens is 1. The minimum absolute atomic E-state index is 0.411. The van der Waals surface area contributed by atoms with Crippen LogP contribution in [0.2, 0.25) is 0 Å². The fourth-order valence-electron chi connectivity index (χ4n) is 1.87. The third-order valence-electron chi connectivity index (χ3n) is 2.74. The lowest BCUT2D eigenvalue weighted by atomic mass is 10.2. The SMILES string of the molecule is Cc1nc2cc(OC(=O)c3cccc(Br)c3)ccc2o1. The summed E-state index contributed by atoms with van der Waals surface area (Å²) < 4.78 is 11.5. The molecule has 1 heterocycles. The molecule has 0 aliphatic carbocycles. The highest BCUT2D eigenvalue weighted by Crippen LogP contribution is 2.22. The van der Waals surface area contributed by atoms with Crippen LogP contribution in [0.1, 0.15) is 16.2 Å². The summed E-state index contributed by atoms with van der Waals surface area (Å²) in [7, 11) is 0. The smallest absolute Gasteiger partial charge is 0.343 e. The molecule has 0 unspecified atom stereocenters. The predicted molar refractivity (Wildman–Crippen MR) is 77.8 cm³/mol. The number of rotatable bonds is 2. The van der Waals surface area contributed by atoms with Crippen molar-refractivity contribution in [1.82, 2.24) is 4.98 Å². The van der Waals surface area contributed by atoms with Gasteiger partial charge in [-0.1, -0.05) is 22.0 Å². The van der Waals surface area contributed by atoms with E-state index in [0.29, 0.717) is 28.3 Å². The first-order valence-corrected chi connectivity index (χ1v) is 6.76. The van der Waals surface area contributed by atoms with Gasteiger partial charge >= 0.3 is 5.97 Å². The number of hydrogen-bond donors (Lipinski definition) is 0. The molecule has 0 fully saturated rings. The van der Waals surface area contributed by atoms with Gasteiger partial charge in [0, 0.05) is 17.5 Å². The van der Waals surface area contributed by atoms with Gasteiger partial charge in [0.05, 0.1) is 5.56 Å². The summed E-state index contributed by atoms with van der Waals surface area (Å²) in [5.74, 6) is 0.608. The zero-order valence-corrected chi connectivity index (χ0v) is 12.2. The number of aryl methyl sites for hydroxylation is 1. The molecule has 3 aromatic rings. The predicted octanol–water partition coefficient (Wildman–Crippen LogP) is 4.12. The summed E-state index contributed by atoms with van der Waals surface area (Å²) in [6, 6.07) is 12.1. The number of nitrogens with zero attached hydrogens (tertiary/aromatic N) is 1. The van der Waals surface area contributed by atoms with Crippen LogP contribution in [0, 0.1) is 6.92 Å². The first-order chi connectivity index (χ1) is 9.61. The maximum absolute atomic E-state index is 12.0. The van der Waals surface area contributed by atoms with Crippen molar-refractivity contribution in [3.05, 3.63) is 58.4 Å². The van der Waals surface area contributed by atoms with Crippen molar-refractivity contribution >= 4 is 33.0 Å². The lowest BCUT2D eigenvalue weighted by Gasteiger charge is -2.04. The summed E-state index contributed by atoms with van der Waals surface area (Å²) in [5.41, 5.74) is 1.82. The minimum Gasteiger partial charge on any atom is -0.441 e. The van der Waals surface area contributed by atoms with Gasteiger partial charge in [0.15, 0.2) is 11.5 Å². The molecule has 0 aliphatic rings. The molecule has 0 saturated carbocycles. The third kappa shape index (κ3) is 2.58. The van der Waals surface area contributed by atoms with Crippen molar-refractivity contribution in [3.63, 3.8) is 0 Å². The summed E-state index contributed by atoms with van der Waals surface area (Å²) in [6.45, 7) is 1.77. The van der Waals surface area contributed by atoms with E-state index in [0.717, 1.165) is 4.47 Å². The van der Waals surface area contributed by atoms with Crippen molar-refractivity contribution in [2.75, 3.05) is 0 Å². The molecule has 0 aliphatic heterocycles. The van der Waals surface area contributed by atoms with Crippen LogP contribution in [0.4, 0.5) is 0 Å². The van der Waals surface area contributed by atoms with Crippen LogP contribution in [-0.2, 0) is 0 Å². The Balaban J connectivity index is 1.87. The number of benzene rings is 2. The maximum Gasteiger partial charge on any atom is 0.343 e. The molecular formula is C15H10BrNO3. The largest absolute Gasteiger partial charge is 0.441 e. The minimum atomic E-state index is -0.411. The summed E-state index contributed by atoms with van der Waals surface area (Å²) in [6.07, 6.45) is 0. The highest BCUT2D eigenvalue weighted by Gasteiger charge is 2.10. The molecule has 0 N–H and O–H groups in total. The van der Waals surface area contributed by atoms with E-state index in [2.05, 4.69) is 20.9 Å². The second-order valence-corrected chi connectivity index (χ2v) is 5.18. The molecule has 3 rings (SSSR count). The molecule has 1 aromatic heterocycles. The van der Waals surface area contributed by atoms with Gasteiger partial charge in [-0.3, -0.25) is 0 Å². The number of esters is 1. The Labute approximate surface area is 123 Å². The number of ether oxygens (including phenoxy) is 1. The van der Waals surface area contributed by atoms with E-state index in [1.165, 1.54) is 0 Å². The van der Waals surface area contributed by atoms with Gasteiger partial charge in [0.25, 0.3) is 0 Å². The molecule has 4 nitrogen and oxygen atoms in total. The van der Waals surface area contributed by atoms with Gasteiger partial charge in [-0.2, -0.15) is 0 Å². The first kappa shape index (κ1) is 12.9. The molecule has 0 spiro atoms. The second kappa shape index (κ2) is 5.09. The van der Waals surface area contributed by atoms with Gasteiger partial charge in [-0.25, -0.2) is 9.78 Å². The monoisotopic (exact) mass is 331 g/mol. The van der Waals surface area contributed by atoms with Crippen molar-refractivity contribution < 1.29 is 13.9 Å². The Bertz CT molecular complexity index is 795. The van der Waals surface area contributed by atoms with Crippen LogP contribution in [-0.4, -0.2) is 11.0 Å². The zero-order valence-electron chi connectivity index (χ0n) is 10.6. The molecule has 0 atom stereocenters. The molecule has 0 amide bonds. The number of carbonyl (C=O) groups is 1. The molecule has 100 valence electrons. The highest BCUT2D eigenvalue weighted by molar-refractivity contribution is 9.10. The molecule has 0 radical (unpaired) electrons. The van der Waals surface area contributed by atoms with Crippen molar-refractivity contribution in [2.24, 2.45) is 0 Å². The van der Waals surface area contributed by atoms with Crippen molar-refractivity contribution in [3.8, 4) is 5.75 Å². The normalized spacial score (nSPS) is 10.7. The van der Waals surface area contributed by atoms with Crippen molar-refractivity contribution in [2.45, 2.75) is 6.92 Å². The Hall–Kier alpha value is -2.14. The van der Waals surface area contributed by atoms with E-state index >= 15 is 0 Å². The zero-order chi connectivity index (χ0) is 14.1. The summed E-state index contributed by atoms with van der Waals surface area (Å²) >= 11 is 3.32. The fraction of sp³-hybridized carbons (Fsp3) is 0.0667. The molecule has 2 aromatic carbocycles. The number of carbonyl (C=O) groups excluding carboxylic acids is 1. The van der Waals surface area contributed by atoms with E-state index in [4.69, 9.17) is 9.15 Å². The Morgan fingerprint density at radius 1 is 1.25 bits per heavy atom. The topological polar surface area (TPSA) is 52.3 Å². The lowest BCUT2D eigenvalue weighted by molar-refractivity contribution is 0.0735. The second-order valence-electron chi connectivity index (χ2n) is 4.26. The Morgan fingerprint density at radius 3 is 2.90 bits per heavy atom. The molecule has 0 saturated heterocycles. The van der Waals surface area contributed by atoms with E-state index < -0.39 is 5.97 Å². The maximum atomic E-state index is 12.0. The van der Waals surface area contributed by atoms with E-state index in [-0.39, 0.29) is 0 Å². The van der Waals surface area contributed by atoms with Gasteiger partial charge in [-0.15, -0.1) is 0 Å². The average molecular weight is 332 g/mol. The van der Waals surface area contributed by atoms with Crippen LogP contribution >= 0.6 is 15.9 Å². The third-order valence-corrected chi connectivity index (χ3v) is 3.23. The quantitative estimate of drug-likeness (QED) is 0.523. The fourth-order valence-corrected chi connectivity index (χ4v) is 2.27. The van der Waals surface area contributed by atoms with Gasteiger partial charge in [0.1, 0.15) is 11.3 Å². The Kier molecular flexibility index (Phi) is 3.28. The number of halogens is 1. The highest BCUT2D eigenvalue weighted by atomic mass is 79.9. The molecule has 5 heteroatoms.